The first kappa shape index (κ1) is 11.9. The van der Waals surface area contributed by atoms with Crippen molar-refractivity contribution in [1.82, 2.24) is 15.1 Å². The molecule has 0 bridgehead atoms. The molecule has 1 N–H and O–H groups in total. The number of nitrogens with one attached hydrogen (secondary N) is 1. The van der Waals surface area contributed by atoms with Crippen LogP contribution in [0.25, 0.3) is 0 Å². The summed E-state index contributed by atoms with van der Waals surface area (Å²) < 4.78 is 0. The van der Waals surface area contributed by atoms with Gasteiger partial charge >= 0.3 is 0 Å². The fourth-order valence-corrected chi connectivity index (χ4v) is 2.80. The smallest absolute Gasteiger partial charge is 0.237 e. The third kappa shape index (κ3) is 2.55. The van der Waals surface area contributed by atoms with Crippen molar-refractivity contribution in [2.24, 2.45) is 5.92 Å². The topological polar surface area (TPSA) is 35.6 Å². The maximum absolute atomic E-state index is 11.8. The quantitative estimate of drug-likeness (QED) is 0.756. The molecular formula is C12H23N3O. The summed E-state index contributed by atoms with van der Waals surface area (Å²) in [6, 6.07) is 0. The predicted molar refractivity (Wildman–Crippen MR) is 64.0 cm³/mol. The summed E-state index contributed by atoms with van der Waals surface area (Å²) in [6.45, 7) is 5.97. The predicted octanol–water partition coefficient (Wildman–Crippen LogP) is 0.496. The molecule has 4 nitrogen and oxygen atoms in total. The molecule has 2 aliphatic rings. The van der Waals surface area contributed by atoms with Gasteiger partial charge in [-0.3, -0.25) is 10.1 Å². The largest absolute Gasteiger partial charge is 0.326 e. The zero-order valence-corrected chi connectivity index (χ0v) is 10.4. The molecule has 1 amide bonds. The normalized spacial score (nSPS) is 31.6. The van der Waals surface area contributed by atoms with Gasteiger partial charge < -0.3 is 9.80 Å². The van der Waals surface area contributed by atoms with E-state index in [2.05, 4.69) is 29.1 Å². The van der Waals surface area contributed by atoms with Crippen LogP contribution in [0.5, 0.6) is 0 Å². The molecule has 4 heteroatoms. The van der Waals surface area contributed by atoms with Gasteiger partial charge in [0.25, 0.3) is 0 Å². The summed E-state index contributed by atoms with van der Waals surface area (Å²) in [4.78, 5) is 16.2. The molecule has 0 aliphatic carbocycles. The van der Waals surface area contributed by atoms with E-state index in [1.807, 2.05) is 0 Å². The van der Waals surface area contributed by atoms with Crippen molar-refractivity contribution in [2.75, 3.05) is 33.2 Å². The van der Waals surface area contributed by atoms with Gasteiger partial charge in [-0.1, -0.05) is 13.3 Å². The first-order valence-corrected chi connectivity index (χ1v) is 6.42. The standard InChI is InChI=1S/C12H23N3O/c1-3-4-11-13-7-12(16)15(11)9-10-5-6-14(2)8-10/h10-11,13H,3-9H2,1-2H3. The van der Waals surface area contributed by atoms with Gasteiger partial charge in [-0.2, -0.15) is 0 Å². The maximum atomic E-state index is 11.8. The van der Waals surface area contributed by atoms with Gasteiger partial charge in [0.1, 0.15) is 0 Å². The highest BCUT2D eigenvalue weighted by Crippen LogP contribution is 2.19. The average Bonchev–Trinajstić information content (AvgIpc) is 2.79. The summed E-state index contributed by atoms with van der Waals surface area (Å²) in [7, 11) is 2.16. The lowest BCUT2D eigenvalue weighted by Crippen LogP contribution is -2.40. The van der Waals surface area contributed by atoms with Gasteiger partial charge in [0.2, 0.25) is 5.91 Å². The Hall–Kier alpha value is -0.610. The third-order valence-corrected chi connectivity index (χ3v) is 3.69. The van der Waals surface area contributed by atoms with E-state index in [0.717, 1.165) is 25.9 Å². The molecule has 16 heavy (non-hydrogen) atoms. The van der Waals surface area contributed by atoms with E-state index in [9.17, 15) is 4.79 Å². The van der Waals surface area contributed by atoms with Crippen LogP contribution in [0, 0.1) is 5.92 Å². The van der Waals surface area contributed by atoms with Gasteiger partial charge in [-0.25, -0.2) is 0 Å². The summed E-state index contributed by atoms with van der Waals surface area (Å²) in [5.74, 6) is 0.959. The number of likely N-dealkylation sites (tertiary alicyclic amines) is 1. The van der Waals surface area contributed by atoms with Crippen molar-refractivity contribution in [1.29, 1.82) is 0 Å². The molecule has 2 fully saturated rings. The number of nitrogens with zero attached hydrogens (tertiary/aromatic N) is 2. The number of carbonyl (C=O) groups excluding carboxylic acids is 1. The molecule has 2 rings (SSSR count). The second-order valence-electron chi connectivity index (χ2n) is 5.15. The van der Waals surface area contributed by atoms with Gasteiger partial charge in [0.05, 0.1) is 12.7 Å². The monoisotopic (exact) mass is 225 g/mol. The molecule has 0 aromatic heterocycles. The Kier molecular flexibility index (Phi) is 3.82. The van der Waals surface area contributed by atoms with Crippen molar-refractivity contribution in [2.45, 2.75) is 32.4 Å². The van der Waals surface area contributed by atoms with Crippen LogP contribution in [0.3, 0.4) is 0 Å². The lowest BCUT2D eigenvalue weighted by molar-refractivity contribution is -0.128. The summed E-state index contributed by atoms with van der Waals surface area (Å²) >= 11 is 0. The lowest BCUT2D eigenvalue weighted by Gasteiger charge is -2.26. The molecule has 2 aliphatic heterocycles. The van der Waals surface area contributed by atoms with E-state index in [-0.39, 0.29) is 5.91 Å². The molecule has 2 unspecified atom stereocenters. The van der Waals surface area contributed by atoms with Gasteiger partial charge in [0.15, 0.2) is 0 Å². The molecule has 0 spiro atoms. The van der Waals surface area contributed by atoms with E-state index in [1.54, 1.807) is 0 Å². The summed E-state index contributed by atoms with van der Waals surface area (Å²) in [5.41, 5.74) is 0. The highest BCUT2D eigenvalue weighted by Gasteiger charge is 2.32. The number of hydrogen-bond acceptors (Lipinski definition) is 3. The minimum absolute atomic E-state index is 0.285. The number of amides is 1. The molecule has 2 heterocycles. The fraction of sp³-hybridized carbons (Fsp3) is 0.917. The Morgan fingerprint density at radius 3 is 2.94 bits per heavy atom. The molecule has 2 atom stereocenters. The average molecular weight is 225 g/mol. The fourth-order valence-electron chi connectivity index (χ4n) is 2.80. The minimum Gasteiger partial charge on any atom is -0.326 e. The van der Waals surface area contributed by atoms with Crippen LogP contribution >= 0.6 is 0 Å². The van der Waals surface area contributed by atoms with Crippen molar-refractivity contribution in [3.05, 3.63) is 0 Å². The van der Waals surface area contributed by atoms with Crippen LogP contribution in [-0.4, -0.2) is 55.1 Å². The first-order valence-electron chi connectivity index (χ1n) is 6.42. The van der Waals surface area contributed by atoms with Crippen LogP contribution < -0.4 is 5.32 Å². The van der Waals surface area contributed by atoms with Gasteiger partial charge in [-0.05, 0) is 32.4 Å². The van der Waals surface area contributed by atoms with Crippen LogP contribution in [0.2, 0.25) is 0 Å². The zero-order chi connectivity index (χ0) is 11.5. The Morgan fingerprint density at radius 2 is 2.31 bits per heavy atom. The Bertz CT molecular complexity index is 257. The second-order valence-corrected chi connectivity index (χ2v) is 5.15. The Balaban J connectivity index is 1.88. The van der Waals surface area contributed by atoms with Crippen LogP contribution in [-0.2, 0) is 4.79 Å². The first-order chi connectivity index (χ1) is 7.70. The van der Waals surface area contributed by atoms with E-state index in [0.29, 0.717) is 18.6 Å². The maximum Gasteiger partial charge on any atom is 0.237 e. The zero-order valence-electron chi connectivity index (χ0n) is 10.4. The molecule has 92 valence electrons. The van der Waals surface area contributed by atoms with Crippen molar-refractivity contribution < 1.29 is 4.79 Å². The van der Waals surface area contributed by atoms with E-state index < -0.39 is 0 Å². The van der Waals surface area contributed by atoms with Crippen molar-refractivity contribution in [3.8, 4) is 0 Å². The van der Waals surface area contributed by atoms with E-state index in [1.165, 1.54) is 13.0 Å². The summed E-state index contributed by atoms with van der Waals surface area (Å²) in [6.07, 6.45) is 3.74. The number of carbonyl (C=O) groups is 1. The third-order valence-electron chi connectivity index (χ3n) is 3.69. The highest BCUT2D eigenvalue weighted by atomic mass is 16.2. The summed E-state index contributed by atoms with van der Waals surface area (Å²) in [5, 5.41) is 3.31. The molecule has 0 radical (unpaired) electrons. The Morgan fingerprint density at radius 1 is 1.50 bits per heavy atom. The lowest BCUT2D eigenvalue weighted by atomic mass is 10.1. The van der Waals surface area contributed by atoms with Gasteiger partial charge in [-0.15, -0.1) is 0 Å². The van der Waals surface area contributed by atoms with Crippen molar-refractivity contribution in [3.63, 3.8) is 0 Å². The van der Waals surface area contributed by atoms with Crippen molar-refractivity contribution >= 4 is 5.91 Å². The van der Waals surface area contributed by atoms with E-state index in [4.69, 9.17) is 0 Å². The SMILES string of the molecule is CCCC1NCC(=O)N1CC1CCN(C)C1. The minimum atomic E-state index is 0.285. The second kappa shape index (κ2) is 5.15. The van der Waals surface area contributed by atoms with Crippen LogP contribution in [0.15, 0.2) is 0 Å². The molecular weight excluding hydrogens is 202 g/mol. The van der Waals surface area contributed by atoms with E-state index >= 15 is 0 Å². The molecule has 0 saturated carbocycles. The Labute approximate surface area is 98.0 Å². The van der Waals surface area contributed by atoms with Crippen LogP contribution in [0.1, 0.15) is 26.2 Å². The number of rotatable bonds is 4. The highest BCUT2D eigenvalue weighted by molar-refractivity contribution is 5.80. The number of hydrogen-bond donors (Lipinski definition) is 1. The van der Waals surface area contributed by atoms with Gasteiger partial charge in [0, 0.05) is 13.1 Å². The molecule has 0 aromatic rings. The van der Waals surface area contributed by atoms with Crippen LogP contribution in [0.4, 0.5) is 0 Å². The molecule has 0 aromatic carbocycles. The molecule has 2 saturated heterocycles.